The molecule has 0 aliphatic carbocycles. The molecule has 0 spiro atoms. The van der Waals surface area contributed by atoms with Crippen LogP contribution in [-0.2, 0) is 4.57 Å². The first kappa shape index (κ1) is 15.0. The maximum atomic E-state index is 12.0. The fourth-order valence-corrected chi connectivity index (χ4v) is 3.06. The number of hydrogen-bond donors (Lipinski definition) is 3. The Hall–Kier alpha value is 0.980. The lowest BCUT2D eigenvalue weighted by Gasteiger charge is -2.20. The summed E-state index contributed by atoms with van der Waals surface area (Å²) in [5, 5.41) is 8.40. The summed E-state index contributed by atoms with van der Waals surface area (Å²) in [4.78, 5) is 0. The largest absolute Gasteiger partial charge is 0.279 e. The first-order valence-corrected chi connectivity index (χ1v) is 7.53. The van der Waals surface area contributed by atoms with Crippen molar-refractivity contribution in [2.45, 2.75) is 0 Å². The van der Waals surface area contributed by atoms with Crippen LogP contribution in [0.25, 0.3) is 0 Å². The molecule has 0 radical (unpaired) electrons. The molecule has 0 aliphatic rings. The van der Waals surface area contributed by atoms with Crippen molar-refractivity contribution in [2.24, 2.45) is 0 Å². The molecule has 14 heavy (non-hydrogen) atoms. The Morgan fingerprint density at radius 3 is 1.29 bits per heavy atom. The quantitative estimate of drug-likeness (QED) is 0.444. The minimum atomic E-state index is -2.77. The average molecular weight is 283 g/mol. The summed E-state index contributed by atoms with van der Waals surface area (Å²) in [6, 6.07) is 0. The minimum Gasteiger partial charge on any atom is -0.271 e. The van der Waals surface area contributed by atoms with Gasteiger partial charge in [-0.15, -0.1) is 34.8 Å². The third-order valence-electron chi connectivity index (χ3n) is 1.29. The van der Waals surface area contributed by atoms with Crippen molar-refractivity contribution in [3.05, 3.63) is 0 Å². The van der Waals surface area contributed by atoms with Gasteiger partial charge in [0.25, 0.3) is 7.59 Å². The monoisotopic (exact) mass is 281 g/mol. The number of nitrogens with one attached hydrogen (secondary N) is 3. The predicted octanol–water partition coefficient (Wildman–Crippen LogP) is 1.58. The van der Waals surface area contributed by atoms with Crippen molar-refractivity contribution < 1.29 is 4.57 Å². The molecule has 86 valence electrons. The number of halogens is 3. The van der Waals surface area contributed by atoms with Gasteiger partial charge in [-0.2, -0.15) is 0 Å². The van der Waals surface area contributed by atoms with Gasteiger partial charge >= 0.3 is 0 Å². The molecule has 0 aromatic carbocycles. The standard InChI is InChI=1S/C6H15Cl3N3OP/c7-1-4-10-14(13,11-5-2-8)12-6-3-9/h1-6H2,(H3,10,11,12,13). The highest BCUT2D eigenvalue weighted by molar-refractivity contribution is 7.57. The Kier molecular flexibility index (Phi) is 9.87. The van der Waals surface area contributed by atoms with Crippen LogP contribution in [0.2, 0.25) is 0 Å². The van der Waals surface area contributed by atoms with Gasteiger partial charge in [-0.1, -0.05) is 0 Å². The molecular formula is C6H15Cl3N3OP. The van der Waals surface area contributed by atoms with Crippen LogP contribution in [0.3, 0.4) is 0 Å². The van der Waals surface area contributed by atoms with E-state index < -0.39 is 7.59 Å². The van der Waals surface area contributed by atoms with Gasteiger partial charge in [0.15, 0.2) is 0 Å². The van der Waals surface area contributed by atoms with E-state index >= 15 is 0 Å². The van der Waals surface area contributed by atoms with Crippen LogP contribution in [0.15, 0.2) is 0 Å². The molecule has 0 unspecified atom stereocenters. The second-order valence-corrected chi connectivity index (χ2v) is 5.70. The van der Waals surface area contributed by atoms with Crippen molar-refractivity contribution in [1.29, 1.82) is 0 Å². The Morgan fingerprint density at radius 1 is 0.786 bits per heavy atom. The van der Waals surface area contributed by atoms with E-state index in [2.05, 4.69) is 15.3 Å². The number of alkyl halides is 3. The molecule has 4 nitrogen and oxygen atoms in total. The molecule has 0 aliphatic heterocycles. The zero-order valence-electron chi connectivity index (χ0n) is 7.73. The Bertz CT molecular complexity index is 155. The third kappa shape index (κ3) is 7.30. The fraction of sp³-hybridized carbons (Fsp3) is 1.00. The Morgan fingerprint density at radius 2 is 1.07 bits per heavy atom. The molecule has 0 bridgehead atoms. The summed E-state index contributed by atoms with van der Waals surface area (Å²) >= 11 is 16.5. The van der Waals surface area contributed by atoms with Gasteiger partial charge in [-0.05, 0) is 0 Å². The number of hydrogen-bond acceptors (Lipinski definition) is 1. The molecule has 0 saturated carbocycles. The molecule has 0 rings (SSSR count). The Labute approximate surface area is 99.6 Å². The first-order chi connectivity index (χ1) is 6.68. The van der Waals surface area contributed by atoms with Crippen LogP contribution < -0.4 is 15.3 Å². The fourth-order valence-electron chi connectivity index (χ4n) is 0.767. The van der Waals surface area contributed by atoms with Crippen molar-refractivity contribution in [3.8, 4) is 0 Å². The average Bonchev–Trinajstić information content (AvgIpc) is 2.21. The zero-order valence-corrected chi connectivity index (χ0v) is 10.9. The zero-order chi connectivity index (χ0) is 10.9. The van der Waals surface area contributed by atoms with Crippen molar-refractivity contribution in [2.75, 3.05) is 37.3 Å². The summed E-state index contributed by atoms with van der Waals surface area (Å²) in [5.74, 6) is 1.19. The van der Waals surface area contributed by atoms with Crippen LogP contribution in [0.4, 0.5) is 0 Å². The van der Waals surface area contributed by atoms with Crippen molar-refractivity contribution >= 4 is 42.4 Å². The van der Waals surface area contributed by atoms with Gasteiger partial charge in [0.2, 0.25) is 0 Å². The van der Waals surface area contributed by atoms with Crippen molar-refractivity contribution in [3.63, 3.8) is 0 Å². The minimum absolute atomic E-state index is 0.398. The Balaban J connectivity index is 3.97. The van der Waals surface area contributed by atoms with E-state index in [9.17, 15) is 4.57 Å². The van der Waals surface area contributed by atoms with Crippen molar-refractivity contribution in [1.82, 2.24) is 15.3 Å². The van der Waals surface area contributed by atoms with E-state index in [1.807, 2.05) is 0 Å². The molecular weight excluding hydrogens is 267 g/mol. The van der Waals surface area contributed by atoms with Gasteiger partial charge in [-0.3, -0.25) is 4.57 Å². The maximum absolute atomic E-state index is 12.0. The molecule has 3 N–H and O–H groups in total. The molecule has 0 atom stereocenters. The molecule has 0 aromatic rings. The lowest BCUT2D eigenvalue weighted by molar-refractivity contribution is 0.545. The molecule has 0 amide bonds. The second kappa shape index (κ2) is 9.22. The summed E-state index contributed by atoms with van der Waals surface area (Å²) in [5.41, 5.74) is 0. The van der Waals surface area contributed by atoms with E-state index in [0.29, 0.717) is 37.3 Å². The highest BCUT2D eigenvalue weighted by Crippen LogP contribution is 2.29. The normalized spacial score (nSPS) is 11.9. The van der Waals surface area contributed by atoms with Crippen LogP contribution in [0.1, 0.15) is 0 Å². The van der Waals surface area contributed by atoms with Crippen LogP contribution in [0, 0.1) is 0 Å². The second-order valence-electron chi connectivity index (χ2n) is 2.40. The molecule has 0 saturated heterocycles. The first-order valence-electron chi connectivity index (χ1n) is 4.22. The highest BCUT2D eigenvalue weighted by atomic mass is 35.5. The topological polar surface area (TPSA) is 53.2 Å². The van der Waals surface area contributed by atoms with Gasteiger partial charge in [0.05, 0.1) is 0 Å². The van der Waals surface area contributed by atoms with E-state index in [1.54, 1.807) is 0 Å². The summed E-state index contributed by atoms with van der Waals surface area (Å²) in [7, 11) is -2.77. The van der Waals surface area contributed by atoms with Crippen LogP contribution in [-0.4, -0.2) is 37.3 Å². The van der Waals surface area contributed by atoms with Crippen LogP contribution >= 0.6 is 42.4 Å². The summed E-state index contributed by atoms with van der Waals surface area (Å²) < 4.78 is 12.0. The SMILES string of the molecule is O=P(NCCCl)(NCCCl)NCCCl. The van der Waals surface area contributed by atoms with E-state index in [1.165, 1.54) is 0 Å². The maximum Gasteiger partial charge on any atom is 0.279 e. The predicted molar refractivity (Wildman–Crippen MR) is 63.8 cm³/mol. The van der Waals surface area contributed by atoms with Gasteiger partial charge in [0.1, 0.15) is 0 Å². The third-order valence-corrected chi connectivity index (χ3v) is 3.86. The summed E-state index contributed by atoms with van der Waals surface area (Å²) in [6.07, 6.45) is 0. The van der Waals surface area contributed by atoms with E-state index in [0.717, 1.165) is 0 Å². The lowest BCUT2D eigenvalue weighted by Crippen LogP contribution is -2.34. The molecule has 0 heterocycles. The lowest BCUT2D eigenvalue weighted by atomic mass is 10.8. The molecule has 8 heteroatoms. The smallest absolute Gasteiger partial charge is 0.271 e. The van der Waals surface area contributed by atoms with Crippen LogP contribution in [0.5, 0.6) is 0 Å². The summed E-state index contributed by atoms with van der Waals surface area (Å²) in [6.45, 7) is 1.39. The molecule has 0 fully saturated rings. The van der Waals surface area contributed by atoms with Gasteiger partial charge in [0, 0.05) is 37.3 Å². The van der Waals surface area contributed by atoms with E-state index in [-0.39, 0.29) is 0 Å². The van der Waals surface area contributed by atoms with Gasteiger partial charge in [-0.25, -0.2) is 15.3 Å². The highest BCUT2D eigenvalue weighted by Gasteiger charge is 2.18. The number of rotatable bonds is 9. The van der Waals surface area contributed by atoms with E-state index in [4.69, 9.17) is 34.8 Å². The molecule has 0 aromatic heterocycles. The van der Waals surface area contributed by atoms with Gasteiger partial charge < -0.3 is 0 Å².